The van der Waals surface area contributed by atoms with Gasteiger partial charge in [-0.15, -0.1) is 0 Å². The van der Waals surface area contributed by atoms with Gasteiger partial charge in [-0.3, -0.25) is 4.68 Å². The molecule has 3 rings (SSSR count). The molecule has 2 aromatic rings. The van der Waals surface area contributed by atoms with Crippen LogP contribution in [0, 0.1) is 0 Å². The molecule has 0 radical (unpaired) electrons. The molecule has 20 heavy (non-hydrogen) atoms. The molecule has 1 aliphatic rings. The summed E-state index contributed by atoms with van der Waals surface area (Å²) in [5.41, 5.74) is 3.43. The van der Waals surface area contributed by atoms with Gasteiger partial charge in [-0.1, -0.05) is 30.7 Å². The van der Waals surface area contributed by atoms with Crippen LogP contribution in [0.2, 0.25) is 5.02 Å². The van der Waals surface area contributed by atoms with Crippen molar-refractivity contribution in [2.75, 3.05) is 0 Å². The number of aromatic nitrogens is 2. The molecule has 106 valence electrons. The zero-order valence-corrected chi connectivity index (χ0v) is 12.5. The third-order valence-electron chi connectivity index (χ3n) is 3.63. The highest BCUT2D eigenvalue weighted by molar-refractivity contribution is 6.31. The number of hydrogen-bond acceptors (Lipinski definition) is 2. The molecule has 0 aliphatic heterocycles. The van der Waals surface area contributed by atoms with E-state index in [0.717, 1.165) is 35.7 Å². The van der Waals surface area contributed by atoms with E-state index in [1.54, 1.807) is 0 Å². The number of halogens is 1. The average molecular weight is 290 g/mol. The molecule has 0 atom stereocenters. The number of benzene rings is 1. The SMILES string of the molecule is CCCn1cc(-c2ccc(CNC3CC3)c(Cl)c2)cn1. The lowest BCUT2D eigenvalue weighted by Crippen LogP contribution is -2.15. The van der Waals surface area contributed by atoms with Crippen LogP contribution in [0.3, 0.4) is 0 Å². The zero-order valence-electron chi connectivity index (χ0n) is 11.8. The molecular weight excluding hydrogens is 270 g/mol. The van der Waals surface area contributed by atoms with Crippen LogP contribution in [-0.2, 0) is 13.1 Å². The lowest BCUT2D eigenvalue weighted by atomic mass is 10.1. The van der Waals surface area contributed by atoms with Crippen molar-refractivity contribution >= 4 is 11.6 Å². The highest BCUT2D eigenvalue weighted by atomic mass is 35.5. The predicted octanol–water partition coefficient (Wildman–Crippen LogP) is 3.87. The standard InChI is InChI=1S/C16H20ClN3/c1-2-7-20-11-14(10-19-20)12-3-4-13(16(17)8-12)9-18-15-5-6-15/h3-4,8,10-11,15,18H,2,5-7,9H2,1H3. The van der Waals surface area contributed by atoms with E-state index in [0.29, 0.717) is 6.04 Å². The van der Waals surface area contributed by atoms with Crippen LogP contribution < -0.4 is 5.32 Å². The summed E-state index contributed by atoms with van der Waals surface area (Å²) in [6, 6.07) is 6.99. The van der Waals surface area contributed by atoms with Crippen molar-refractivity contribution in [2.24, 2.45) is 0 Å². The zero-order chi connectivity index (χ0) is 13.9. The summed E-state index contributed by atoms with van der Waals surface area (Å²) in [4.78, 5) is 0. The first-order chi connectivity index (χ1) is 9.76. The van der Waals surface area contributed by atoms with Gasteiger partial charge in [0.05, 0.1) is 6.20 Å². The molecule has 1 aromatic carbocycles. The first-order valence-electron chi connectivity index (χ1n) is 7.31. The maximum absolute atomic E-state index is 6.38. The Morgan fingerprint density at radius 1 is 1.35 bits per heavy atom. The number of hydrogen-bond donors (Lipinski definition) is 1. The van der Waals surface area contributed by atoms with Gasteiger partial charge < -0.3 is 5.32 Å². The second-order valence-electron chi connectivity index (χ2n) is 5.45. The van der Waals surface area contributed by atoms with E-state index in [-0.39, 0.29) is 0 Å². The quantitative estimate of drug-likeness (QED) is 0.875. The molecule has 3 nitrogen and oxygen atoms in total. The number of aryl methyl sites for hydroxylation is 1. The molecule has 0 spiro atoms. The number of rotatable bonds is 6. The van der Waals surface area contributed by atoms with E-state index in [1.807, 2.05) is 16.9 Å². The number of nitrogens with zero attached hydrogens (tertiary/aromatic N) is 2. The highest BCUT2D eigenvalue weighted by Gasteiger charge is 2.20. The Morgan fingerprint density at radius 2 is 2.20 bits per heavy atom. The summed E-state index contributed by atoms with van der Waals surface area (Å²) in [7, 11) is 0. The Kier molecular flexibility index (Phi) is 4.08. The molecule has 1 aliphatic carbocycles. The maximum Gasteiger partial charge on any atom is 0.0568 e. The topological polar surface area (TPSA) is 29.9 Å². The van der Waals surface area contributed by atoms with E-state index in [9.17, 15) is 0 Å². The van der Waals surface area contributed by atoms with Crippen LogP contribution in [0.1, 0.15) is 31.7 Å². The molecule has 0 unspecified atom stereocenters. The molecule has 0 bridgehead atoms. The summed E-state index contributed by atoms with van der Waals surface area (Å²) in [6.45, 7) is 3.97. The van der Waals surface area contributed by atoms with Gasteiger partial charge in [-0.25, -0.2) is 0 Å². The van der Waals surface area contributed by atoms with Gasteiger partial charge in [0.2, 0.25) is 0 Å². The van der Waals surface area contributed by atoms with Gasteiger partial charge >= 0.3 is 0 Å². The lowest BCUT2D eigenvalue weighted by molar-refractivity contribution is 0.603. The molecule has 0 amide bonds. The van der Waals surface area contributed by atoms with Crippen molar-refractivity contribution < 1.29 is 0 Å². The van der Waals surface area contributed by atoms with E-state index < -0.39 is 0 Å². The molecule has 1 fully saturated rings. The second kappa shape index (κ2) is 5.98. The first kappa shape index (κ1) is 13.7. The summed E-state index contributed by atoms with van der Waals surface area (Å²) < 4.78 is 1.98. The minimum Gasteiger partial charge on any atom is -0.310 e. The van der Waals surface area contributed by atoms with Gasteiger partial charge in [0.25, 0.3) is 0 Å². The predicted molar refractivity (Wildman–Crippen MR) is 82.8 cm³/mol. The number of nitrogens with one attached hydrogen (secondary N) is 1. The van der Waals surface area contributed by atoms with Gasteiger partial charge in [-0.05, 0) is 36.5 Å². The van der Waals surface area contributed by atoms with Crippen molar-refractivity contribution in [1.29, 1.82) is 0 Å². The average Bonchev–Trinajstić information content (AvgIpc) is 3.16. The minimum absolute atomic E-state index is 0.706. The fraction of sp³-hybridized carbons (Fsp3) is 0.438. The Hall–Kier alpha value is -1.32. The van der Waals surface area contributed by atoms with Crippen molar-refractivity contribution in [2.45, 2.75) is 45.3 Å². The molecule has 0 saturated heterocycles. The second-order valence-corrected chi connectivity index (χ2v) is 5.86. The van der Waals surface area contributed by atoms with Crippen molar-refractivity contribution in [1.82, 2.24) is 15.1 Å². The fourth-order valence-electron chi connectivity index (χ4n) is 2.28. The Bertz CT molecular complexity index is 587. The van der Waals surface area contributed by atoms with Gasteiger partial charge in [-0.2, -0.15) is 5.10 Å². The molecule has 1 aromatic heterocycles. The van der Waals surface area contributed by atoms with Crippen LogP contribution in [0.15, 0.2) is 30.6 Å². The monoisotopic (exact) mass is 289 g/mol. The van der Waals surface area contributed by atoms with E-state index in [1.165, 1.54) is 18.4 Å². The van der Waals surface area contributed by atoms with Gasteiger partial charge in [0.15, 0.2) is 0 Å². The summed E-state index contributed by atoms with van der Waals surface area (Å²) in [5.74, 6) is 0. The normalized spacial score (nSPS) is 14.7. The van der Waals surface area contributed by atoms with Crippen molar-refractivity contribution in [3.63, 3.8) is 0 Å². The van der Waals surface area contributed by atoms with E-state index >= 15 is 0 Å². The van der Waals surface area contributed by atoms with E-state index in [4.69, 9.17) is 11.6 Å². The molecule has 1 N–H and O–H groups in total. The highest BCUT2D eigenvalue weighted by Crippen LogP contribution is 2.26. The van der Waals surface area contributed by atoms with Crippen LogP contribution >= 0.6 is 11.6 Å². The molecule has 4 heteroatoms. The smallest absolute Gasteiger partial charge is 0.0568 e. The van der Waals surface area contributed by atoms with Crippen LogP contribution in [0.25, 0.3) is 11.1 Å². The molecule has 1 saturated carbocycles. The largest absolute Gasteiger partial charge is 0.310 e. The van der Waals surface area contributed by atoms with Crippen molar-refractivity contribution in [3.8, 4) is 11.1 Å². The van der Waals surface area contributed by atoms with Crippen molar-refractivity contribution in [3.05, 3.63) is 41.2 Å². The Morgan fingerprint density at radius 3 is 2.90 bits per heavy atom. The minimum atomic E-state index is 0.706. The molecule has 1 heterocycles. The summed E-state index contributed by atoms with van der Waals surface area (Å²) in [6.07, 6.45) is 7.67. The summed E-state index contributed by atoms with van der Waals surface area (Å²) >= 11 is 6.38. The fourth-order valence-corrected chi connectivity index (χ4v) is 2.52. The van der Waals surface area contributed by atoms with Gasteiger partial charge in [0, 0.05) is 35.9 Å². The van der Waals surface area contributed by atoms with Crippen LogP contribution in [0.5, 0.6) is 0 Å². The third-order valence-corrected chi connectivity index (χ3v) is 3.98. The first-order valence-corrected chi connectivity index (χ1v) is 7.68. The summed E-state index contributed by atoms with van der Waals surface area (Å²) in [5, 5.41) is 8.69. The Balaban J connectivity index is 1.73. The van der Waals surface area contributed by atoms with E-state index in [2.05, 4.69) is 35.7 Å². The maximum atomic E-state index is 6.38. The van der Waals surface area contributed by atoms with Crippen LogP contribution in [-0.4, -0.2) is 15.8 Å². The van der Waals surface area contributed by atoms with Crippen LogP contribution in [0.4, 0.5) is 0 Å². The Labute approximate surface area is 124 Å². The third kappa shape index (κ3) is 3.22. The van der Waals surface area contributed by atoms with Gasteiger partial charge in [0.1, 0.15) is 0 Å². The molecular formula is C16H20ClN3. The lowest BCUT2D eigenvalue weighted by Gasteiger charge is -2.07.